The largest absolute Gasteiger partial charge is 0.384 e. The van der Waals surface area contributed by atoms with Crippen LogP contribution in [0.4, 0.5) is 0 Å². The van der Waals surface area contributed by atoms with E-state index in [0.717, 1.165) is 6.42 Å². The van der Waals surface area contributed by atoms with Crippen molar-refractivity contribution in [1.29, 1.82) is 0 Å². The number of amides is 1. The molecule has 4 heteroatoms. The van der Waals surface area contributed by atoms with E-state index in [1.165, 1.54) is 30.6 Å². The molecule has 0 radical (unpaired) electrons. The Labute approximate surface area is 131 Å². The summed E-state index contributed by atoms with van der Waals surface area (Å²) in [6.07, 6.45) is 4.77. The van der Waals surface area contributed by atoms with E-state index in [-0.39, 0.29) is 17.9 Å². The third-order valence-corrected chi connectivity index (χ3v) is 4.27. The molecule has 0 aromatic carbocycles. The zero-order valence-electron chi connectivity index (χ0n) is 13.2. The minimum absolute atomic E-state index is 0.0733. The third kappa shape index (κ3) is 6.33. The second-order valence-corrected chi connectivity index (χ2v) is 6.84. The lowest BCUT2D eigenvalue weighted by molar-refractivity contribution is 0.0938. The topological polar surface area (TPSA) is 49.3 Å². The first kappa shape index (κ1) is 17.7. The lowest BCUT2D eigenvalue weighted by Crippen LogP contribution is -2.33. The van der Waals surface area contributed by atoms with E-state index in [0.29, 0.717) is 17.0 Å². The number of rotatable bonds is 7. The van der Waals surface area contributed by atoms with Gasteiger partial charge >= 0.3 is 0 Å². The Balaban J connectivity index is 2.55. The minimum Gasteiger partial charge on any atom is -0.384 e. The highest BCUT2D eigenvalue weighted by Crippen LogP contribution is 2.23. The Morgan fingerprint density at radius 2 is 2.19 bits per heavy atom. The molecule has 0 saturated heterocycles. The van der Waals surface area contributed by atoms with Crippen LogP contribution in [-0.4, -0.2) is 24.2 Å². The Morgan fingerprint density at radius 3 is 2.86 bits per heavy atom. The van der Waals surface area contributed by atoms with Crippen molar-refractivity contribution in [3.05, 3.63) is 21.9 Å². The monoisotopic (exact) mass is 307 g/mol. The maximum atomic E-state index is 12.2. The van der Waals surface area contributed by atoms with Gasteiger partial charge < -0.3 is 10.4 Å². The van der Waals surface area contributed by atoms with Gasteiger partial charge in [-0.15, -0.1) is 11.3 Å². The van der Waals surface area contributed by atoms with Crippen molar-refractivity contribution in [2.45, 2.75) is 46.5 Å². The van der Waals surface area contributed by atoms with Gasteiger partial charge in [0.05, 0.1) is 0 Å². The summed E-state index contributed by atoms with van der Waals surface area (Å²) >= 11 is 1.38. The molecule has 0 unspecified atom stereocenters. The fourth-order valence-corrected chi connectivity index (χ4v) is 2.83. The second-order valence-electron chi connectivity index (χ2n) is 5.93. The van der Waals surface area contributed by atoms with Gasteiger partial charge in [0.1, 0.15) is 11.5 Å². The van der Waals surface area contributed by atoms with Crippen LogP contribution in [0.5, 0.6) is 0 Å². The minimum atomic E-state index is -0.193. The van der Waals surface area contributed by atoms with Crippen LogP contribution < -0.4 is 5.32 Å². The summed E-state index contributed by atoms with van der Waals surface area (Å²) in [5.74, 6) is 5.32. The van der Waals surface area contributed by atoms with Crippen LogP contribution in [0.1, 0.15) is 61.7 Å². The molecule has 0 aliphatic rings. The molecule has 0 fully saturated rings. The van der Waals surface area contributed by atoms with E-state index in [9.17, 15) is 4.79 Å². The first-order valence-electron chi connectivity index (χ1n) is 7.45. The van der Waals surface area contributed by atoms with Crippen LogP contribution in [0.25, 0.3) is 0 Å². The summed E-state index contributed by atoms with van der Waals surface area (Å²) in [5.41, 5.74) is 0.800. The number of hydrogen-bond acceptors (Lipinski definition) is 3. The molecule has 0 saturated carbocycles. The Bertz CT molecular complexity index is 508. The van der Waals surface area contributed by atoms with Gasteiger partial charge in [0.2, 0.25) is 0 Å². The normalized spacial score (nSPS) is 10.9. The molecule has 3 nitrogen and oxygen atoms in total. The fraction of sp³-hybridized carbons (Fsp3) is 0.588. The highest BCUT2D eigenvalue weighted by atomic mass is 32.1. The number of nitrogens with one attached hydrogen (secondary N) is 1. The molecule has 0 aliphatic carbocycles. The van der Waals surface area contributed by atoms with Crippen molar-refractivity contribution < 1.29 is 9.90 Å². The fourth-order valence-electron chi connectivity index (χ4n) is 2.06. The number of hydrogen-bond donors (Lipinski definition) is 2. The van der Waals surface area contributed by atoms with Crippen LogP contribution in [0.15, 0.2) is 11.4 Å². The molecule has 0 atom stereocenters. The Morgan fingerprint density at radius 1 is 1.43 bits per heavy atom. The number of unbranched alkanes of at least 4 members (excludes halogenated alkanes) is 2. The highest BCUT2D eigenvalue weighted by molar-refractivity contribution is 7.12. The summed E-state index contributed by atoms with van der Waals surface area (Å²) in [6, 6.07) is 1.81. The van der Waals surface area contributed by atoms with Crippen molar-refractivity contribution >= 4 is 17.2 Å². The van der Waals surface area contributed by atoms with Gasteiger partial charge in [-0.25, -0.2) is 0 Å². The molecule has 0 spiro atoms. The summed E-state index contributed by atoms with van der Waals surface area (Å²) in [5, 5.41) is 13.6. The summed E-state index contributed by atoms with van der Waals surface area (Å²) in [7, 11) is 0. The summed E-state index contributed by atoms with van der Waals surface area (Å²) in [4.78, 5) is 12.9. The molecule has 1 heterocycles. The lowest BCUT2D eigenvalue weighted by Gasteiger charge is -2.24. The molecule has 0 aliphatic heterocycles. The van der Waals surface area contributed by atoms with Crippen LogP contribution in [-0.2, 0) is 0 Å². The van der Waals surface area contributed by atoms with E-state index in [2.05, 4.69) is 37.9 Å². The van der Waals surface area contributed by atoms with Gasteiger partial charge in [-0.3, -0.25) is 4.79 Å². The molecule has 116 valence electrons. The number of aliphatic hydroxyl groups excluding tert-OH is 1. The molecule has 1 aromatic rings. The molecule has 0 bridgehead atoms. The maximum Gasteiger partial charge on any atom is 0.262 e. The molecule has 1 amide bonds. The standard InChI is InChI=1S/C17H25NO2S/c1-4-5-6-10-17(2,3)13-18-16(20)15-14(8-7-11-19)9-12-21-15/h9,12,19H,4-6,10-11,13H2,1-3H3,(H,18,20). The van der Waals surface area contributed by atoms with Crippen molar-refractivity contribution in [3.8, 4) is 11.8 Å². The van der Waals surface area contributed by atoms with Crippen LogP contribution in [0.2, 0.25) is 0 Å². The van der Waals surface area contributed by atoms with Crippen molar-refractivity contribution in [2.75, 3.05) is 13.2 Å². The number of thiophene rings is 1. The van der Waals surface area contributed by atoms with Crippen molar-refractivity contribution in [3.63, 3.8) is 0 Å². The SMILES string of the molecule is CCCCCC(C)(C)CNC(=O)c1sccc1C#CCO. The van der Waals surface area contributed by atoms with Crippen LogP contribution in [0.3, 0.4) is 0 Å². The molecular formula is C17H25NO2S. The highest BCUT2D eigenvalue weighted by Gasteiger charge is 2.20. The first-order chi connectivity index (χ1) is 10.00. The predicted molar refractivity (Wildman–Crippen MR) is 88.5 cm³/mol. The third-order valence-electron chi connectivity index (χ3n) is 3.36. The first-order valence-corrected chi connectivity index (χ1v) is 8.33. The summed E-state index contributed by atoms with van der Waals surface area (Å²) < 4.78 is 0. The zero-order chi connectivity index (χ0) is 15.7. The molecule has 2 N–H and O–H groups in total. The van der Waals surface area contributed by atoms with Gasteiger partial charge in [0, 0.05) is 12.1 Å². The van der Waals surface area contributed by atoms with Gasteiger partial charge in [0.25, 0.3) is 5.91 Å². The quantitative estimate of drug-likeness (QED) is 0.599. The van der Waals surface area contributed by atoms with Crippen LogP contribution in [0, 0.1) is 17.3 Å². The Kier molecular flexibility index (Phi) is 7.49. The molecular weight excluding hydrogens is 282 g/mol. The second kappa shape index (κ2) is 8.86. The van der Waals surface area contributed by atoms with Gasteiger partial charge in [-0.2, -0.15) is 0 Å². The van der Waals surface area contributed by atoms with E-state index < -0.39 is 0 Å². The Hall–Kier alpha value is -1.31. The van der Waals surface area contributed by atoms with Crippen molar-refractivity contribution in [1.82, 2.24) is 5.32 Å². The van der Waals surface area contributed by atoms with E-state index in [1.807, 2.05) is 11.4 Å². The van der Waals surface area contributed by atoms with E-state index >= 15 is 0 Å². The van der Waals surface area contributed by atoms with Gasteiger partial charge in [-0.1, -0.05) is 51.9 Å². The van der Waals surface area contributed by atoms with Gasteiger partial charge in [-0.05, 0) is 23.3 Å². The zero-order valence-corrected chi connectivity index (χ0v) is 14.0. The molecule has 1 rings (SSSR count). The number of carbonyl (C=O) groups is 1. The average Bonchev–Trinajstić information content (AvgIpc) is 2.91. The lowest BCUT2D eigenvalue weighted by atomic mass is 9.87. The molecule has 21 heavy (non-hydrogen) atoms. The number of aliphatic hydroxyl groups is 1. The predicted octanol–water partition coefficient (Wildman–Crippen LogP) is 3.43. The smallest absolute Gasteiger partial charge is 0.262 e. The average molecular weight is 307 g/mol. The van der Waals surface area contributed by atoms with Crippen molar-refractivity contribution in [2.24, 2.45) is 5.41 Å². The maximum absolute atomic E-state index is 12.2. The summed E-state index contributed by atoms with van der Waals surface area (Å²) in [6.45, 7) is 7.04. The van der Waals surface area contributed by atoms with Gasteiger partial charge in [0.15, 0.2) is 0 Å². The van der Waals surface area contributed by atoms with Crippen LogP contribution >= 0.6 is 11.3 Å². The van der Waals surface area contributed by atoms with E-state index in [4.69, 9.17) is 5.11 Å². The number of carbonyl (C=O) groups excluding carboxylic acids is 1. The van der Waals surface area contributed by atoms with E-state index in [1.54, 1.807) is 0 Å². The molecule has 1 aromatic heterocycles.